The van der Waals surface area contributed by atoms with E-state index < -0.39 is 0 Å². The molecule has 8 nitrogen and oxygen atoms in total. The highest BCUT2D eigenvalue weighted by molar-refractivity contribution is 7.99. The van der Waals surface area contributed by atoms with Crippen LogP contribution in [0, 0.1) is 0 Å². The average molecular weight is 401 g/mol. The molecule has 0 atom stereocenters. The van der Waals surface area contributed by atoms with Gasteiger partial charge in [0.05, 0.1) is 25.5 Å². The maximum atomic E-state index is 12.4. The topological polar surface area (TPSA) is 80.6 Å². The van der Waals surface area contributed by atoms with E-state index >= 15 is 0 Å². The molecule has 2 saturated heterocycles. The highest BCUT2D eigenvalue weighted by Crippen LogP contribution is 2.25. The molecule has 2 aliphatic heterocycles. The first-order valence-corrected chi connectivity index (χ1v) is 10.5. The molecule has 2 aliphatic rings. The van der Waals surface area contributed by atoms with E-state index in [0.717, 1.165) is 31.0 Å². The first kappa shape index (κ1) is 18.9. The van der Waals surface area contributed by atoms with Gasteiger partial charge in [-0.25, -0.2) is 0 Å². The van der Waals surface area contributed by atoms with E-state index in [-0.39, 0.29) is 17.6 Å². The molecular formula is C19H23N5O3S. The zero-order valence-electron chi connectivity index (χ0n) is 15.6. The van der Waals surface area contributed by atoms with Crippen molar-refractivity contribution < 1.29 is 14.3 Å². The monoisotopic (exact) mass is 401 g/mol. The minimum Gasteiger partial charge on any atom is -0.378 e. The van der Waals surface area contributed by atoms with Crippen LogP contribution < -0.4 is 4.90 Å². The maximum Gasteiger partial charge on any atom is 0.239 e. The molecule has 2 aromatic rings. The maximum absolute atomic E-state index is 12.4. The minimum absolute atomic E-state index is 0.0784. The second-order valence-corrected chi connectivity index (χ2v) is 7.73. The Bertz CT molecular complexity index is 835. The van der Waals surface area contributed by atoms with Crippen molar-refractivity contribution >= 4 is 29.5 Å². The van der Waals surface area contributed by atoms with E-state index in [1.54, 1.807) is 0 Å². The van der Waals surface area contributed by atoms with Gasteiger partial charge in [-0.1, -0.05) is 42.1 Å². The number of rotatable bonds is 6. The number of anilines is 1. The first-order chi connectivity index (χ1) is 13.7. The van der Waals surface area contributed by atoms with Crippen LogP contribution in [0.1, 0.15) is 18.4 Å². The van der Waals surface area contributed by atoms with Gasteiger partial charge in [0.2, 0.25) is 17.8 Å². The van der Waals surface area contributed by atoms with Crippen LogP contribution in [0.4, 0.5) is 5.95 Å². The van der Waals surface area contributed by atoms with Gasteiger partial charge in [0.25, 0.3) is 0 Å². The molecule has 148 valence electrons. The summed E-state index contributed by atoms with van der Waals surface area (Å²) in [6.45, 7) is 4.00. The molecule has 3 heterocycles. The predicted molar refractivity (Wildman–Crippen MR) is 105 cm³/mol. The number of carbonyl (C=O) groups is 2. The van der Waals surface area contributed by atoms with Crippen LogP contribution in [0.15, 0.2) is 35.5 Å². The van der Waals surface area contributed by atoms with E-state index in [1.165, 1.54) is 16.7 Å². The lowest BCUT2D eigenvalue weighted by Gasteiger charge is -2.28. The Hall–Kier alpha value is -2.39. The van der Waals surface area contributed by atoms with Gasteiger partial charge < -0.3 is 9.64 Å². The van der Waals surface area contributed by atoms with Crippen LogP contribution in [0.25, 0.3) is 0 Å². The zero-order chi connectivity index (χ0) is 19.3. The van der Waals surface area contributed by atoms with Gasteiger partial charge in [0.1, 0.15) is 0 Å². The lowest BCUT2D eigenvalue weighted by atomic mass is 10.2. The fourth-order valence-electron chi connectivity index (χ4n) is 3.41. The number of amides is 2. The SMILES string of the molecule is O=C1CCCN1C(=O)CSc1nnc(N2CCOCC2)n1Cc1ccccc1. The third kappa shape index (κ3) is 4.20. The van der Waals surface area contributed by atoms with Crippen LogP contribution in [0.2, 0.25) is 0 Å². The summed E-state index contributed by atoms with van der Waals surface area (Å²) in [7, 11) is 0. The van der Waals surface area contributed by atoms with Crippen molar-refractivity contribution in [2.24, 2.45) is 0 Å². The van der Waals surface area contributed by atoms with Crippen molar-refractivity contribution in [2.45, 2.75) is 24.5 Å². The summed E-state index contributed by atoms with van der Waals surface area (Å²) in [5.74, 6) is 0.737. The summed E-state index contributed by atoms with van der Waals surface area (Å²) in [4.78, 5) is 27.7. The standard InChI is InChI=1S/C19H23N5O3S/c25-16-7-4-8-23(16)17(26)14-28-19-21-20-18(22-9-11-27-12-10-22)24(19)13-15-5-2-1-3-6-15/h1-3,5-6H,4,7-14H2. The molecule has 1 aromatic heterocycles. The number of nitrogens with zero attached hydrogens (tertiary/aromatic N) is 5. The second kappa shape index (κ2) is 8.74. The van der Waals surface area contributed by atoms with Gasteiger partial charge in [0.15, 0.2) is 5.16 Å². The molecule has 1 aromatic carbocycles. The predicted octanol–water partition coefficient (Wildman–Crippen LogP) is 1.40. The van der Waals surface area contributed by atoms with Crippen molar-refractivity contribution in [2.75, 3.05) is 43.5 Å². The van der Waals surface area contributed by atoms with Crippen molar-refractivity contribution in [3.8, 4) is 0 Å². The molecule has 28 heavy (non-hydrogen) atoms. The molecule has 0 aliphatic carbocycles. The minimum atomic E-state index is -0.158. The van der Waals surface area contributed by atoms with E-state index in [1.807, 2.05) is 22.8 Å². The summed E-state index contributed by atoms with van der Waals surface area (Å²) >= 11 is 1.34. The van der Waals surface area contributed by atoms with E-state index in [9.17, 15) is 9.59 Å². The first-order valence-electron chi connectivity index (χ1n) is 9.48. The van der Waals surface area contributed by atoms with Crippen LogP contribution >= 0.6 is 11.8 Å². The Kier molecular flexibility index (Phi) is 5.92. The number of thioether (sulfide) groups is 1. The summed E-state index contributed by atoms with van der Waals surface area (Å²) in [6, 6.07) is 10.1. The van der Waals surface area contributed by atoms with Crippen molar-refractivity contribution in [1.82, 2.24) is 19.7 Å². The third-order valence-corrected chi connectivity index (χ3v) is 5.83. The Balaban J connectivity index is 1.53. The molecule has 0 saturated carbocycles. The van der Waals surface area contributed by atoms with Crippen LogP contribution in [-0.4, -0.2) is 70.1 Å². The summed E-state index contributed by atoms with van der Waals surface area (Å²) in [5, 5.41) is 9.43. The van der Waals surface area contributed by atoms with E-state index in [2.05, 4.69) is 27.2 Å². The molecule has 2 fully saturated rings. The molecule has 0 N–H and O–H groups in total. The lowest BCUT2D eigenvalue weighted by molar-refractivity contribution is -0.140. The Morgan fingerprint density at radius 2 is 1.89 bits per heavy atom. The Morgan fingerprint density at radius 3 is 2.61 bits per heavy atom. The van der Waals surface area contributed by atoms with Gasteiger partial charge in [-0.15, -0.1) is 10.2 Å². The molecule has 0 bridgehead atoms. The Labute approximate surface area is 167 Å². The van der Waals surface area contributed by atoms with Gasteiger partial charge >= 0.3 is 0 Å². The van der Waals surface area contributed by atoms with Crippen LogP contribution in [0.3, 0.4) is 0 Å². The quantitative estimate of drug-likeness (QED) is 0.677. The fourth-order valence-corrected chi connectivity index (χ4v) is 4.21. The summed E-state index contributed by atoms with van der Waals surface area (Å²) < 4.78 is 7.49. The van der Waals surface area contributed by atoms with Gasteiger partial charge in [-0.2, -0.15) is 0 Å². The normalized spacial score (nSPS) is 17.4. The number of hydrogen-bond acceptors (Lipinski definition) is 7. The Morgan fingerprint density at radius 1 is 1.11 bits per heavy atom. The second-order valence-electron chi connectivity index (χ2n) is 6.79. The molecular weight excluding hydrogens is 378 g/mol. The molecule has 0 radical (unpaired) electrons. The number of hydrogen-bond donors (Lipinski definition) is 0. The third-order valence-electron chi connectivity index (χ3n) is 4.87. The highest BCUT2D eigenvalue weighted by atomic mass is 32.2. The van der Waals surface area contributed by atoms with Gasteiger partial charge in [0, 0.05) is 26.1 Å². The van der Waals surface area contributed by atoms with Gasteiger partial charge in [-0.3, -0.25) is 19.1 Å². The number of morpholine rings is 1. The van der Waals surface area contributed by atoms with E-state index in [0.29, 0.717) is 37.9 Å². The van der Waals surface area contributed by atoms with Crippen molar-refractivity contribution in [1.29, 1.82) is 0 Å². The highest BCUT2D eigenvalue weighted by Gasteiger charge is 2.27. The van der Waals surface area contributed by atoms with Crippen LogP contribution in [0.5, 0.6) is 0 Å². The number of carbonyl (C=O) groups excluding carboxylic acids is 2. The average Bonchev–Trinajstić information content (AvgIpc) is 3.34. The number of imide groups is 1. The number of likely N-dealkylation sites (tertiary alicyclic amines) is 1. The number of benzene rings is 1. The largest absolute Gasteiger partial charge is 0.378 e. The summed E-state index contributed by atoms with van der Waals surface area (Å²) in [6.07, 6.45) is 1.21. The number of ether oxygens (including phenoxy) is 1. The molecule has 0 unspecified atom stereocenters. The van der Waals surface area contributed by atoms with Crippen LogP contribution in [-0.2, 0) is 20.9 Å². The summed E-state index contributed by atoms with van der Waals surface area (Å²) in [5.41, 5.74) is 1.14. The molecule has 2 amide bonds. The van der Waals surface area contributed by atoms with Crippen molar-refractivity contribution in [3.63, 3.8) is 0 Å². The lowest BCUT2D eigenvalue weighted by Crippen LogP contribution is -2.38. The molecule has 0 spiro atoms. The smallest absolute Gasteiger partial charge is 0.239 e. The fraction of sp³-hybridized carbons (Fsp3) is 0.474. The zero-order valence-corrected chi connectivity index (χ0v) is 16.4. The molecule has 4 rings (SSSR count). The van der Waals surface area contributed by atoms with Crippen molar-refractivity contribution in [3.05, 3.63) is 35.9 Å². The molecule has 9 heteroatoms. The number of aromatic nitrogens is 3. The van der Waals surface area contributed by atoms with Gasteiger partial charge in [-0.05, 0) is 12.0 Å². The van der Waals surface area contributed by atoms with E-state index in [4.69, 9.17) is 4.74 Å².